The van der Waals surface area contributed by atoms with Crippen molar-refractivity contribution < 1.29 is 0 Å². The Morgan fingerprint density at radius 2 is 1.90 bits per heavy atom. The SMILES string of the molecule is Cc1ccccc1C(CN)CC1CSc2ccccc21. The number of fused-ring (bicyclic) bond motifs is 1. The molecule has 1 nitrogen and oxygen atoms in total. The van der Waals surface area contributed by atoms with E-state index in [0.717, 1.165) is 13.0 Å². The lowest BCUT2D eigenvalue weighted by Crippen LogP contribution is -2.16. The Labute approximate surface area is 125 Å². The van der Waals surface area contributed by atoms with E-state index in [1.165, 1.54) is 27.3 Å². The van der Waals surface area contributed by atoms with Gasteiger partial charge in [0.25, 0.3) is 0 Å². The van der Waals surface area contributed by atoms with E-state index >= 15 is 0 Å². The summed E-state index contributed by atoms with van der Waals surface area (Å²) in [6.45, 7) is 2.92. The number of hydrogen-bond donors (Lipinski definition) is 1. The normalized spacial score (nSPS) is 18.8. The fourth-order valence-electron chi connectivity index (χ4n) is 3.16. The van der Waals surface area contributed by atoms with E-state index in [4.69, 9.17) is 5.73 Å². The molecule has 0 saturated heterocycles. The Kier molecular flexibility index (Phi) is 4.13. The van der Waals surface area contributed by atoms with Gasteiger partial charge in [0, 0.05) is 10.6 Å². The van der Waals surface area contributed by atoms with Crippen molar-refractivity contribution in [2.24, 2.45) is 5.73 Å². The summed E-state index contributed by atoms with van der Waals surface area (Å²) in [5.74, 6) is 2.30. The molecule has 2 atom stereocenters. The Hall–Kier alpha value is -1.25. The Balaban J connectivity index is 1.82. The number of rotatable bonds is 4. The molecule has 0 amide bonds. The quantitative estimate of drug-likeness (QED) is 0.904. The van der Waals surface area contributed by atoms with Gasteiger partial charge in [0.2, 0.25) is 0 Å². The molecular formula is C18H21NS. The van der Waals surface area contributed by atoms with Crippen molar-refractivity contribution in [3.05, 3.63) is 65.2 Å². The van der Waals surface area contributed by atoms with E-state index in [0.29, 0.717) is 11.8 Å². The van der Waals surface area contributed by atoms with E-state index in [2.05, 4.69) is 55.5 Å². The van der Waals surface area contributed by atoms with Gasteiger partial charge in [0.15, 0.2) is 0 Å². The van der Waals surface area contributed by atoms with Gasteiger partial charge in [-0.2, -0.15) is 0 Å². The molecule has 104 valence electrons. The van der Waals surface area contributed by atoms with Crippen molar-refractivity contribution in [2.45, 2.75) is 30.1 Å². The monoisotopic (exact) mass is 283 g/mol. The van der Waals surface area contributed by atoms with Gasteiger partial charge < -0.3 is 5.73 Å². The zero-order chi connectivity index (χ0) is 13.9. The topological polar surface area (TPSA) is 26.0 Å². The largest absolute Gasteiger partial charge is 0.330 e. The molecule has 1 aliphatic rings. The highest BCUT2D eigenvalue weighted by atomic mass is 32.2. The second-order valence-electron chi connectivity index (χ2n) is 5.57. The minimum atomic E-state index is 0.466. The maximum Gasteiger partial charge on any atom is 0.0107 e. The first-order valence-electron chi connectivity index (χ1n) is 7.27. The number of hydrogen-bond acceptors (Lipinski definition) is 2. The lowest BCUT2D eigenvalue weighted by atomic mass is 9.84. The summed E-state index contributed by atoms with van der Waals surface area (Å²) in [6, 6.07) is 17.5. The Morgan fingerprint density at radius 1 is 1.15 bits per heavy atom. The standard InChI is InChI=1S/C18H21NS/c1-13-6-2-3-7-16(13)14(11-19)10-15-12-20-18-9-5-4-8-17(15)18/h2-9,14-15H,10-12,19H2,1H3. The van der Waals surface area contributed by atoms with Crippen LogP contribution in [0.1, 0.15) is 34.9 Å². The van der Waals surface area contributed by atoms with E-state index in [1.807, 2.05) is 11.8 Å². The fraction of sp³-hybridized carbons (Fsp3) is 0.333. The maximum atomic E-state index is 6.06. The number of benzene rings is 2. The van der Waals surface area contributed by atoms with Crippen molar-refractivity contribution in [1.82, 2.24) is 0 Å². The van der Waals surface area contributed by atoms with E-state index < -0.39 is 0 Å². The first-order chi connectivity index (χ1) is 9.79. The van der Waals surface area contributed by atoms with Crippen molar-refractivity contribution in [3.8, 4) is 0 Å². The van der Waals surface area contributed by atoms with Gasteiger partial charge in [-0.15, -0.1) is 11.8 Å². The second kappa shape index (κ2) is 6.02. The molecule has 0 bridgehead atoms. The summed E-state index contributed by atoms with van der Waals surface area (Å²) in [7, 11) is 0. The summed E-state index contributed by atoms with van der Waals surface area (Å²) >= 11 is 1.99. The molecule has 0 radical (unpaired) electrons. The van der Waals surface area contributed by atoms with Crippen LogP contribution in [0, 0.1) is 6.92 Å². The van der Waals surface area contributed by atoms with Crippen LogP contribution in [0.15, 0.2) is 53.4 Å². The van der Waals surface area contributed by atoms with Crippen LogP contribution in [0.25, 0.3) is 0 Å². The van der Waals surface area contributed by atoms with Crippen LogP contribution in [-0.4, -0.2) is 12.3 Å². The van der Waals surface area contributed by atoms with Gasteiger partial charge in [-0.25, -0.2) is 0 Å². The molecule has 2 heteroatoms. The maximum absolute atomic E-state index is 6.06. The van der Waals surface area contributed by atoms with E-state index in [-0.39, 0.29) is 0 Å². The summed E-state index contributed by atoms with van der Waals surface area (Å²) in [5, 5.41) is 0. The summed E-state index contributed by atoms with van der Waals surface area (Å²) < 4.78 is 0. The van der Waals surface area contributed by atoms with Crippen LogP contribution in [-0.2, 0) is 0 Å². The van der Waals surface area contributed by atoms with Crippen LogP contribution < -0.4 is 5.73 Å². The third-order valence-corrected chi connectivity index (χ3v) is 5.53. The number of thioether (sulfide) groups is 1. The minimum absolute atomic E-state index is 0.466. The summed E-state index contributed by atoms with van der Waals surface area (Å²) in [4.78, 5) is 1.46. The minimum Gasteiger partial charge on any atom is -0.330 e. The average Bonchev–Trinajstić information content (AvgIpc) is 2.89. The van der Waals surface area contributed by atoms with E-state index in [9.17, 15) is 0 Å². The van der Waals surface area contributed by atoms with Gasteiger partial charge in [-0.1, -0.05) is 42.5 Å². The second-order valence-corrected chi connectivity index (χ2v) is 6.63. The van der Waals surface area contributed by atoms with Crippen LogP contribution >= 0.6 is 11.8 Å². The Bertz CT molecular complexity index is 593. The van der Waals surface area contributed by atoms with Gasteiger partial charge in [-0.3, -0.25) is 0 Å². The molecule has 3 rings (SSSR count). The van der Waals surface area contributed by atoms with Crippen molar-refractivity contribution >= 4 is 11.8 Å². The molecule has 2 aromatic rings. The fourth-order valence-corrected chi connectivity index (χ4v) is 4.44. The number of nitrogens with two attached hydrogens (primary N) is 1. The third-order valence-electron chi connectivity index (χ3n) is 4.28. The van der Waals surface area contributed by atoms with Crippen molar-refractivity contribution in [3.63, 3.8) is 0 Å². The van der Waals surface area contributed by atoms with Crippen LogP contribution in [0.2, 0.25) is 0 Å². The molecule has 0 spiro atoms. The molecule has 0 fully saturated rings. The predicted octanol–water partition coefficient (Wildman–Crippen LogP) is 4.32. The first kappa shape index (κ1) is 13.7. The highest BCUT2D eigenvalue weighted by molar-refractivity contribution is 7.99. The molecule has 1 heterocycles. The molecule has 0 aliphatic carbocycles. The highest BCUT2D eigenvalue weighted by Crippen LogP contribution is 2.43. The van der Waals surface area contributed by atoms with Crippen LogP contribution in [0.4, 0.5) is 0 Å². The molecule has 20 heavy (non-hydrogen) atoms. The molecule has 0 saturated carbocycles. The average molecular weight is 283 g/mol. The highest BCUT2D eigenvalue weighted by Gasteiger charge is 2.26. The smallest absolute Gasteiger partial charge is 0.0107 e. The zero-order valence-corrected chi connectivity index (χ0v) is 12.7. The predicted molar refractivity (Wildman–Crippen MR) is 87.5 cm³/mol. The summed E-state index contributed by atoms with van der Waals surface area (Å²) in [5.41, 5.74) is 10.4. The Morgan fingerprint density at radius 3 is 2.70 bits per heavy atom. The summed E-state index contributed by atoms with van der Waals surface area (Å²) in [6.07, 6.45) is 1.16. The van der Waals surface area contributed by atoms with Gasteiger partial charge >= 0.3 is 0 Å². The molecular weight excluding hydrogens is 262 g/mol. The van der Waals surface area contributed by atoms with Gasteiger partial charge in [0.1, 0.15) is 0 Å². The third kappa shape index (κ3) is 2.63. The molecule has 2 unspecified atom stereocenters. The lowest BCUT2D eigenvalue weighted by Gasteiger charge is -2.21. The van der Waals surface area contributed by atoms with Crippen molar-refractivity contribution in [1.29, 1.82) is 0 Å². The van der Waals surface area contributed by atoms with Crippen molar-refractivity contribution in [2.75, 3.05) is 12.3 Å². The lowest BCUT2D eigenvalue weighted by molar-refractivity contribution is 0.568. The first-order valence-corrected chi connectivity index (χ1v) is 8.25. The molecule has 0 aromatic heterocycles. The molecule has 2 aromatic carbocycles. The van der Waals surface area contributed by atoms with Gasteiger partial charge in [0.05, 0.1) is 0 Å². The van der Waals surface area contributed by atoms with Gasteiger partial charge in [-0.05, 0) is 54.5 Å². The number of aryl methyl sites for hydroxylation is 1. The molecule has 2 N–H and O–H groups in total. The zero-order valence-electron chi connectivity index (χ0n) is 11.9. The van der Waals surface area contributed by atoms with Crippen LogP contribution in [0.5, 0.6) is 0 Å². The molecule has 1 aliphatic heterocycles. The van der Waals surface area contributed by atoms with Crippen LogP contribution in [0.3, 0.4) is 0 Å². The van der Waals surface area contributed by atoms with E-state index in [1.54, 1.807) is 0 Å².